The highest BCUT2D eigenvalue weighted by Crippen LogP contribution is 2.30. The molecule has 6 nitrogen and oxygen atoms in total. The average molecular weight is 471 g/mol. The summed E-state index contributed by atoms with van der Waals surface area (Å²) in [5.41, 5.74) is 0.262. The number of hydrogen-bond acceptors (Lipinski definition) is 4. The van der Waals surface area contributed by atoms with Crippen LogP contribution in [0.25, 0.3) is 0 Å². The van der Waals surface area contributed by atoms with E-state index in [-0.39, 0.29) is 39.4 Å². The number of ketones is 1. The fraction of sp³-hybridized carbons (Fsp3) is 0.150. The number of nitrogens with zero attached hydrogens (tertiary/aromatic N) is 1. The molecule has 0 unspecified atom stereocenters. The van der Waals surface area contributed by atoms with E-state index in [1.54, 1.807) is 18.3 Å². The zero-order valence-electron chi connectivity index (χ0n) is 15.3. The van der Waals surface area contributed by atoms with Gasteiger partial charge in [-0.2, -0.15) is 0 Å². The maximum atomic E-state index is 14.9. The van der Waals surface area contributed by atoms with Gasteiger partial charge in [0.1, 0.15) is 11.8 Å². The quantitative estimate of drug-likeness (QED) is 0.362. The van der Waals surface area contributed by atoms with Crippen molar-refractivity contribution in [2.45, 2.75) is 6.10 Å². The Labute approximate surface area is 186 Å². The van der Waals surface area contributed by atoms with Gasteiger partial charge >= 0.3 is 0 Å². The lowest BCUT2D eigenvalue weighted by Crippen LogP contribution is -2.21. The van der Waals surface area contributed by atoms with Crippen LogP contribution in [0.4, 0.5) is 10.1 Å². The summed E-state index contributed by atoms with van der Waals surface area (Å²) >= 11 is 17.5. The monoisotopic (exact) mass is 469 g/mol. The predicted octanol–water partition coefficient (Wildman–Crippen LogP) is 4.91. The molecule has 2 aromatic heterocycles. The number of halogens is 4. The first-order chi connectivity index (χ1) is 14.4. The molecule has 0 radical (unpaired) electrons. The van der Waals surface area contributed by atoms with Gasteiger partial charge in [0, 0.05) is 18.0 Å². The smallest absolute Gasteiger partial charge is 0.272 e. The van der Waals surface area contributed by atoms with Crippen LogP contribution in [0.15, 0.2) is 48.9 Å². The molecule has 2 N–H and O–H groups in total. The third-order valence-corrected chi connectivity index (χ3v) is 5.03. The second kappa shape index (κ2) is 9.93. The highest BCUT2D eigenvalue weighted by molar-refractivity contribution is 6.35. The third-order valence-electron chi connectivity index (χ3n) is 4.03. The van der Waals surface area contributed by atoms with Gasteiger partial charge in [0.15, 0.2) is 17.3 Å². The number of pyridine rings is 1. The van der Waals surface area contributed by atoms with Crippen molar-refractivity contribution in [3.63, 3.8) is 0 Å². The van der Waals surface area contributed by atoms with Crippen LogP contribution in [-0.4, -0.2) is 39.5 Å². The zero-order chi connectivity index (χ0) is 21.7. The van der Waals surface area contributed by atoms with Gasteiger partial charge in [0.05, 0.1) is 34.2 Å². The molecule has 3 aromatic rings. The second-order valence-corrected chi connectivity index (χ2v) is 7.13. The zero-order valence-corrected chi connectivity index (χ0v) is 17.6. The Morgan fingerprint density at radius 1 is 1.23 bits per heavy atom. The van der Waals surface area contributed by atoms with E-state index in [0.717, 1.165) is 0 Å². The van der Waals surface area contributed by atoms with E-state index in [9.17, 15) is 14.0 Å². The van der Waals surface area contributed by atoms with Gasteiger partial charge in [-0.3, -0.25) is 14.6 Å². The second-order valence-electron chi connectivity index (χ2n) is 6.11. The molecule has 1 amide bonds. The van der Waals surface area contributed by atoms with Crippen LogP contribution in [0, 0.1) is 5.82 Å². The lowest BCUT2D eigenvalue weighted by atomic mass is 10.0. The van der Waals surface area contributed by atoms with Crippen LogP contribution in [0.3, 0.4) is 0 Å². The van der Waals surface area contributed by atoms with Crippen molar-refractivity contribution in [1.82, 2.24) is 9.97 Å². The van der Waals surface area contributed by atoms with Gasteiger partial charge in [0.2, 0.25) is 0 Å². The van der Waals surface area contributed by atoms with E-state index >= 15 is 0 Å². The molecule has 0 aliphatic carbocycles. The number of carbonyl (C=O) groups excluding carboxylic acids is 2. The standard InChI is InChI=1S/C20H15Cl3FN3O3/c21-7-13(8-22)30-16-4-3-14(23)17(18(16)24)19(28)11-6-15(26-9-11)20(29)27-12-2-1-5-25-10-12/h1-6,9-10,13,26H,7-8H2,(H,27,29). The topological polar surface area (TPSA) is 84.1 Å². The molecule has 10 heteroatoms. The van der Waals surface area contributed by atoms with E-state index in [1.807, 2.05) is 0 Å². The fourth-order valence-corrected chi connectivity index (χ4v) is 3.24. The molecule has 30 heavy (non-hydrogen) atoms. The average Bonchev–Trinajstić information content (AvgIpc) is 3.24. The van der Waals surface area contributed by atoms with Gasteiger partial charge in [-0.25, -0.2) is 4.39 Å². The summed E-state index contributed by atoms with van der Waals surface area (Å²) in [4.78, 5) is 31.8. The van der Waals surface area contributed by atoms with E-state index in [2.05, 4.69) is 15.3 Å². The fourth-order valence-electron chi connectivity index (χ4n) is 2.55. The number of ether oxygens (including phenoxy) is 1. The highest BCUT2D eigenvalue weighted by atomic mass is 35.5. The van der Waals surface area contributed by atoms with Gasteiger partial charge in [-0.15, -0.1) is 23.2 Å². The van der Waals surface area contributed by atoms with Crippen molar-refractivity contribution in [3.8, 4) is 5.75 Å². The van der Waals surface area contributed by atoms with Crippen LogP contribution in [-0.2, 0) is 0 Å². The summed E-state index contributed by atoms with van der Waals surface area (Å²) in [6.07, 6.45) is 3.70. The number of hydrogen-bond donors (Lipinski definition) is 2. The number of carbonyl (C=O) groups is 2. The minimum absolute atomic E-state index is 0.0437. The number of aromatic nitrogens is 2. The van der Waals surface area contributed by atoms with Gasteiger partial charge in [0.25, 0.3) is 5.91 Å². The molecule has 1 aromatic carbocycles. The summed E-state index contributed by atoms with van der Waals surface area (Å²) in [5.74, 6) is -2.25. The number of H-pyrrole nitrogens is 1. The molecule has 0 bridgehead atoms. The number of aromatic amines is 1. The van der Waals surface area contributed by atoms with Gasteiger partial charge < -0.3 is 15.0 Å². The van der Waals surface area contributed by atoms with E-state index in [4.69, 9.17) is 39.5 Å². The van der Waals surface area contributed by atoms with Gasteiger partial charge in [-0.05, 0) is 30.3 Å². The summed E-state index contributed by atoms with van der Waals surface area (Å²) in [6.45, 7) is 0. The molecule has 0 aliphatic rings. The molecule has 2 heterocycles. The van der Waals surface area contributed by atoms with Crippen LogP contribution >= 0.6 is 34.8 Å². The number of rotatable bonds is 8. The molecule has 0 spiro atoms. The predicted molar refractivity (Wildman–Crippen MR) is 114 cm³/mol. The Kier molecular flexibility index (Phi) is 7.31. The van der Waals surface area contributed by atoms with Crippen LogP contribution in [0.5, 0.6) is 5.75 Å². The first kappa shape index (κ1) is 22.1. The number of alkyl halides is 2. The van der Waals surface area contributed by atoms with Gasteiger partial charge in [-0.1, -0.05) is 11.6 Å². The maximum Gasteiger partial charge on any atom is 0.272 e. The SMILES string of the molecule is O=C(Nc1cccnc1)c1cc(C(=O)c2c(Cl)ccc(OC(CCl)CCl)c2F)c[nH]1. The molecule has 0 fully saturated rings. The number of anilines is 1. The number of benzene rings is 1. The lowest BCUT2D eigenvalue weighted by molar-refractivity contribution is 0.102. The Morgan fingerprint density at radius 3 is 2.67 bits per heavy atom. The van der Waals surface area contributed by atoms with Crippen molar-refractivity contribution in [2.24, 2.45) is 0 Å². The molecule has 0 atom stereocenters. The van der Waals surface area contributed by atoms with Crippen molar-refractivity contribution in [2.75, 3.05) is 17.1 Å². The Morgan fingerprint density at radius 2 is 2.00 bits per heavy atom. The largest absolute Gasteiger partial charge is 0.485 e. The number of nitrogens with one attached hydrogen (secondary N) is 2. The summed E-state index contributed by atoms with van der Waals surface area (Å²) in [6, 6.07) is 7.27. The molecule has 156 valence electrons. The minimum atomic E-state index is -0.935. The molecule has 0 aliphatic heterocycles. The van der Waals surface area contributed by atoms with E-state index in [0.29, 0.717) is 5.69 Å². The van der Waals surface area contributed by atoms with Crippen molar-refractivity contribution in [3.05, 3.63) is 76.6 Å². The highest BCUT2D eigenvalue weighted by Gasteiger charge is 2.24. The lowest BCUT2D eigenvalue weighted by Gasteiger charge is -2.16. The Balaban J connectivity index is 1.84. The van der Waals surface area contributed by atoms with Crippen molar-refractivity contribution in [1.29, 1.82) is 0 Å². The molecule has 0 saturated heterocycles. The van der Waals surface area contributed by atoms with E-state index in [1.165, 1.54) is 30.6 Å². The summed E-state index contributed by atoms with van der Waals surface area (Å²) in [5, 5.41) is 2.53. The minimum Gasteiger partial charge on any atom is -0.485 e. The van der Waals surface area contributed by atoms with Crippen LogP contribution < -0.4 is 10.1 Å². The molecular formula is C20H15Cl3FN3O3. The molecule has 3 rings (SSSR count). The normalized spacial score (nSPS) is 10.8. The van der Waals surface area contributed by atoms with Crippen LogP contribution in [0.2, 0.25) is 5.02 Å². The summed E-state index contributed by atoms with van der Waals surface area (Å²) < 4.78 is 20.3. The summed E-state index contributed by atoms with van der Waals surface area (Å²) in [7, 11) is 0. The Hall–Kier alpha value is -2.61. The van der Waals surface area contributed by atoms with E-state index < -0.39 is 23.6 Å². The maximum absolute atomic E-state index is 14.9. The molecular weight excluding hydrogens is 456 g/mol. The first-order valence-electron chi connectivity index (χ1n) is 8.65. The van der Waals surface area contributed by atoms with Crippen molar-refractivity contribution < 1.29 is 18.7 Å². The third kappa shape index (κ3) is 4.92. The Bertz CT molecular complexity index is 1060. The first-order valence-corrected chi connectivity index (χ1v) is 10.1. The molecule has 0 saturated carbocycles. The number of amides is 1. The van der Waals surface area contributed by atoms with Crippen LogP contribution in [0.1, 0.15) is 26.4 Å². The van der Waals surface area contributed by atoms with Crippen molar-refractivity contribution >= 4 is 52.2 Å².